The van der Waals surface area contributed by atoms with Crippen molar-refractivity contribution in [1.29, 1.82) is 0 Å². The first kappa shape index (κ1) is 19.2. The van der Waals surface area contributed by atoms with Gasteiger partial charge in [-0.3, -0.25) is 4.79 Å². The molecule has 5 nitrogen and oxygen atoms in total. The second-order valence-electron chi connectivity index (χ2n) is 6.04. The minimum Gasteiger partial charge on any atom is -0.493 e. The van der Waals surface area contributed by atoms with Crippen molar-refractivity contribution in [3.63, 3.8) is 0 Å². The number of hydrogen-bond acceptors (Lipinski definition) is 5. The summed E-state index contributed by atoms with van der Waals surface area (Å²) in [6, 6.07) is 20.9. The van der Waals surface area contributed by atoms with Crippen LogP contribution in [0.15, 0.2) is 72.8 Å². The maximum absolute atomic E-state index is 12.4. The number of ether oxygens (including phenoxy) is 3. The van der Waals surface area contributed by atoms with Crippen LogP contribution in [-0.4, -0.2) is 26.0 Å². The summed E-state index contributed by atoms with van der Waals surface area (Å²) in [6.07, 6.45) is 0. The molecule has 0 amide bonds. The van der Waals surface area contributed by atoms with Gasteiger partial charge in [0.05, 0.1) is 19.8 Å². The monoisotopic (exact) mass is 376 g/mol. The zero-order valence-electron chi connectivity index (χ0n) is 15.7. The van der Waals surface area contributed by atoms with Gasteiger partial charge in [-0.25, -0.2) is 4.79 Å². The van der Waals surface area contributed by atoms with E-state index in [9.17, 15) is 9.59 Å². The molecule has 0 aliphatic rings. The topological polar surface area (TPSA) is 61.8 Å². The predicted octanol–water partition coefficient (Wildman–Crippen LogP) is 4.29. The molecule has 3 rings (SSSR count). The zero-order chi connectivity index (χ0) is 19.9. The van der Waals surface area contributed by atoms with Crippen molar-refractivity contribution >= 4 is 11.8 Å². The zero-order valence-corrected chi connectivity index (χ0v) is 15.7. The highest BCUT2D eigenvalue weighted by Crippen LogP contribution is 2.27. The highest BCUT2D eigenvalue weighted by molar-refractivity contribution is 6.08. The van der Waals surface area contributed by atoms with Crippen molar-refractivity contribution in [3.8, 4) is 11.5 Å². The predicted molar refractivity (Wildman–Crippen MR) is 105 cm³/mol. The molecule has 0 atom stereocenters. The van der Waals surface area contributed by atoms with Crippen molar-refractivity contribution in [3.05, 3.63) is 95.1 Å². The third kappa shape index (κ3) is 4.38. The van der Waals surface area contributed by atoms with Gasteiger partial charge >= 0.3 is 5.97 Å². The molecule has 0 aromatic heterocycles. The molecule has 0 bridgehead atoms. The summed E-state index contributed by atoms with van der Waals surface area (Å²) >= 11 is 0. The normalized spacial score (nSPS) is 10.2. The minimum absolute atomic E-state index is 0.0468. The van der Waals surface area contributed by atoms with E-state index in [4.69, 9.17) is 14.2 Å². The molecule has 0 saturated heterocycles. The maximum Gasteiger partial charge on any atom is 0.338 e. The Bertz CT molecular complexity index is 962. The Kier molecular flexibility index (Phi) is 6.07. The average Bonchev–Trinajstić information content (AvgIpc) is 2.77. The molecule has 5 heteroatoms. The lowest BCUT2D eigenvalue weighted by molar-refractivity contribution is 0.0472. The largest absolute Gasteiger partial charge is 0.493 e. The summed E-state index contributed by atoms with van der Waals surface area (Å²) in [4.78, 5) is 24.7. The Morgan fingerprint density at radius 3 is 1.96 bits per heavy atom. The molecular formula is C23H20O5. The standard InChI is InChI=1S/C23H20O5/c1-26-20-13-12-19(14-21(20)27-2)23(25)28-15-16-8-10-18(11-9-16)22(24)17-6-4-3-5-7-17/h3-14H,15H2,1-2H3. The van der Waals surface area contributed by atoms with Gasteiger partial charge in [-0.1, -0.05) is 54.6 Å². The van der Waals surface area contributed by atoms with Gasteiger partial charge in [0, 0.05) is 11.1 Å². The Hall–Kier alpha value is -3.60. The average molecular weight is 376 g/mol. The fourth-order valence-corrected chi connectivity index (χ4v) is 2.70. The van der Waals surface area contributed by atoms with Crippen molar-refractivity contribution in [2.75, 3.05) is 14.2 Å². The second-order valence-corrected chi connectivity index (χ2v) is 6.04. The molecule has 0 N–H and O–H groups in total. The van der Waals surface area contributed by atoms with Gasteiger partial charge in [-0.15, -0.1) is 0 Å². The highest BCUT2D eigenvalue weighted by atomic mass is 16.5. The van der Waals surface area contributed by atoms with E-state index in [0.717, 1.165) is 5.56 Å². The van der Waals surface area contributed by atoms with E-state index in [0.29, 0.717) is 28.2 Å². The van der Waals surface area contributed by atoms with Crippen LogP contribution in [0, 0.1) is 0 Å². The summed E-state index contributed by atoms with van der Waals surface area (Å²) in [5, 5.41) is 0. The Morgan fingerprint density at radius 2 is 1.32 bits per heavy atom. The first-order valence-corrected chi connectivity index (χ1v) is 8.70. The molecular weight excluding hydrogens is 356 g/mol. The van der Waals surface area contributed by atoms with Crippen LogP contribution in [0.4, 0.5) is 0 Å². The number of esters is 1. The third-order valence-electron chi connectivity index (χ3n) is 4.24. The molecule has 28 heavy (non-hydrogen) atoms. The first-order valence-electron chi connectivity index (χ1n) is 8.70. The molecule has 0 heterocycles. The van der Waals surface area contributed by atoms with Gasteiger partial charge < -0.3 is 14.2 Å². The van der Waals surface area contributed by atoms with Crippen molar-refractivity contribution in [2.24, 2.45) is 0 Å². The van der Waals surface area contributed by atoms with Crippen LogP contribution in [-0.2, 0) is 11.3 Å². The Morgan fingerprint density at radius 1 is 0.714 bits per heavy atom. The quantitative estimate of drug-likeness (QED) is 0.455. The fourth-order valence-electron chi connectivity index (χ4n) is 2.70. The van der Waals surface area contributed by atoms with Gasteiger partial charge in [0.15, 0.2) is 17.3 Å². The molecule has 0 fully saturated rings. The number of carbonyl (C=O) groups excluding carboxylic acids is 2. The van der Waals surface area contributed by atoms with Gasteiger partial charge in [-0.2, -0.15) is 0 Å². The smallest absolute Gasteiger partial charge is 0.338 e. The lowest BCUT2D eigenvalue weighted by Crippen LogP contribution is -2.06. The fraction of sp³-hybridized carbons (Fsp3) is 0.130. The van der Waals surface area contributed by atoms with E-state index in [2.05, 4.69) is 0 Å². The number of benzene rings is 3. The SMILES string of the molecule is COc1ccc(C(=O)OCc2ccc(C(=O)c3ccccc3)cc2)cc1OC. The molecule has 0 spiro atoms. The summed E-state index contributed by atoms with van der Waals surface area (Å²) < 4.78 is 15.7. The van der Waals surface area contributed by atoms with Crippen molar-refractivity contribution in [1.82, 2.24) is 0 Å². The van der Waals surface area contributed by atoms with Crippen LogP contribution in [0.25, 0.3) is 0 Å². The summed E-state index contributed by atoms with van der Waals surface area (Å²) in [5.41, 5.74) is 2.38. The number of carbonyl (C=O) groups is 2. The van der Waals surface area contributed by atoms with Crippen LogP contribution in [0.1, 0.15) is 31.8 Å². The molecule has 3 aromatic carbocycles. The lowest BCUT2D eigenvalue weighted by atomic mass is 10.0. The molecule has 0 aliphatic heterocycles. The molecule has 0 aliphatic carbocycles. The lowest BCUT2D eigenvalue weighted by Gasteiger charge is -2.10. The molecule has 0 unspecified atom stereocenters. The van der Waals surface area contributed by atoms with Crippen LogP contribution in [0.3, 0.4) is 0 Å². The number of rotatable bonds is 7. The second kappa shape index (κ2) is 8.86. The van der Waals surface area contributed by atoms with E-state index in [1.165, 1.54) is 14.2 Å². The Labute approximate surface area is 163 Å². The van der Waals surface area contributed by atoms with E-state index >= 15 is 0 Å². The van der Waals surface area contributed by atoms with E-state index < -0.39 is 5.97 Å². The summed E-state index contributed by atoms with van der Waals surface area (Å²) in [5.74, 6) is 0.485. The summed E-state index contributed by atoms with van der Waals surface area (Å²) in [7, 11) is 3.04. The van der Waals surface area contributed by atoms with Crippen LogP contribution in [0.5, 0.6) is 11.5 Å². The van der Waals surface area contributed by atoms with Crippen LogP contribution >= 0.6 is 0 Å². The Balaban J connectivity index is 1.63. The van der Waals surface area contributed by atoms with E-state index in [-0.39, 0.29) is 12.4 Å². The third-order valence-corrected chi connectivity index (χ3v) is 4.24. The molecule has 142 valence electrons. The molecule has 0 radical (unpaired) electrons. The van der Waals surface area contributed by atoms with E-state index in [1.807, 2.05) is 18.2 Å². The van der Waals surface area contributed by atoms with Gasteiger partial charge in [0.1, 0.15) is 6.61 Å². The van der Waals surface area contributed by atoms with Gasteiger partial charge in [0.25, 0.3) is 0 Å². The van der Waals surface area contributed by atoms with Gasteiger partial charge in [0.2, 0.25) is 0 Å². The first-order chi connectivity index (χ1) is 13.6. The summed E-state index contributed by atoms with van der Waals surface area (Å²) in [6.45, 7) is 0.104. The van der Waals surface area contributed by atoms with Crippen molar-refractivity contribution < 1.29 is 23.8 Å². The highest BCUT2D eigenvalue weighted by Gasteiger charge is 2.13. The van der Waals surface area contributed by atoms with Gasteiger partial charge in [-0.05, 0) is 23.8 Å². The number of methoxy groups -OCH3 is 2. The maximum atomic E-state index is 12.4. The number of ketones is 1. The van der Waals surface area contributed by atoms with Crippen molar-refractivity contribution in [2.45, 2.75) is 6.61 Å². The van der Waals surface area contributed by atoms with E-state index in [1.54, 1.807) is 54.6 Å². The van der Waals surface area contributed by atoms with Crippen LogP contribution < -0.4 is 9.47 Å². The number of hydrogen-bond donors (Lipinski definition) is 0. The van der Waals surface area contributed by atoms with Crippen LogP contribution in [0.2, 0.25) is 0 Å². The molecule has 0 saturated carbocycles. The molecule has 3 aromatic rings. The minimum atomic E-state index is -0.467.